The lowest BCUT2D eigenvalue weighted by Gasteiger charge is -2.34. The summed E-state index contributed by atoms with van der Waals surface area (Å²) in [6.45, 7) is 1.35. The predicted octanol–water partition coefficient (Wildman–Crippen LogP) is 2.25. The van der Waals surface area contributed by atoms with Gasteiger partial charge in [-0.3, -0.25) is 0 Å². The topological polar surface area (TPSA) is 55.0 Å². The van der Waals surface area contributed by atoms with E-state index < -0.39 is 6.17 Å². The molecule has 114 valence electrons. The van der Waals surface area contributed by atoms with E-state index in [4.69, 9.17) is 10.7 Å². The number of alkyl halides is 1. The predicted molar refractivity (Wildman–Crippen MR) is 84.5 cm³/mol. The van der Waals surface area contributed by atoms with Gasteiger partial charge in [0.25, 0.3) is 0 Å². The van der Waals surface area contributed by atoms with E-state index in [1.54, 1.807) is 0 Å². The number of nitrogens with zero attached hydrogens (tertiary/aromatic N) is 3. The van der Waals surface area contributed by atoms with Crippen molar-refractivity contribution in [2.45, 2.75) is 32.0 Å². The zero-order chi connectivity index (χ0) is 15.1. The molecule has 1 fully saturated rings. The fourth-order valence-corrected chi connectivity index (χ4v) is 3.19. The van der Waals surface area contributed by atoms with Crippen LogP contribution in [0.5, 0.6) is 0 Å². The Labute approximate surface area is 129 Å². The molecule has 4 nitrogen and oxygen atoms in total. The molecule has 0 bridgehead atoms. The molecule has 0 saturated carbocycles. The third-order valence-electron chi connectivity index (χ3n) is 4.50. The van der Waals surface area contributed by atoms with Crippen molar-refractivity contribution < 1.29 is 4.39 Å². The molecular weight excluding hydrogens is 279 g/mol. The maximum absolute atomic E-state index is 13.1. The van der Waals surface area contributed by atoms with E-state index in [0.717, 1.165) is 41.8 Å². The minimum Gasteiger partial charge on any atom is -0.335 e. The summed E-state index contributed by atoms with van der Waals surface area (Å²) in [7, 11) is 0. The maximum Gasteiger partial charge on any atom is 0.226 e. The van der Waals surface area contributed by atoms with Gasteiger partial charge in [-0.05, 0) is 24.8 Å². The highest BCUT2D eigenvalue weighted by Crippen LogP contribution is 2.33. The number of anilines is 1. The van der Waals surface area contributed by atoms with Gasteiger partial charge in [0.2, 0.25) is 5.95 Å². The van der Waals surface area contributed by atoms with Crippen LogP contribution >= 0.6 is 0 Å². The first-order valence-electron chi connectivity index (χ1n) is 7.83. The Hall–Kier alpha value is -2.01. The van der Waals surface area contributed by atoms with Crippen molar-refractivity contribution in [3.05, 3.63) is 41.1 Å². The molecule has 2 N–H and O–H groups in total. The molecule has 2 heterocycles. The molecule has 1 aliphatic carbocycles. The highest BCUT2D eigenvalue weighted by molar-refractivity contribution is 5.67. The highest BCUT2D eigenvalue weighted by Gasteiger charge is 2.30. The van der Waals surface area contributed by atoms with Gasteiger partial charge in [0, 0.05) is 23.4 Å². The van der Waals surface area contributed by atoms with E-state index in [0.29, 0.717) is 25.6 Å². The summed E-state index contributed by atoms with van der Waals surface area (Å²) in [4.78, 5) is 11.3. The molecule has 0 spiro atoms. The van der Waals surface area contributed by atoms with E-state index in [9.17, 15) is 4.39 Å². The van der Waals surface area contributed by atoms with Crippen LogP contribution in [0.4, 0.5) is 10.3 Å². The highest BCUT2D eigenvalue weighted by atomic mass is 19.1. The quantitative estimate of drug-likeness (QED) is 0.944. The lowest BCUT2D eigenvalue weighted by Crippen LogP contribution is -2.49. The third-order valence-corrected chi connectivity index (χ3v) is 4.50. The van der Waals surface area contributed by atoms with E-state index in [1.807, 2.05) is 17.0 Å². The Morgan fingerprint density at radius 3 is 2.59 bits per heavy atom. The van der Waals surface area contributed by atoms with Crippen LogP contribution in [0.15, 0.2) is 24.3 Å². The number of aromatic nitrogens is 2. The molecule has 1 saturated heterocycles. The van der Waals surface area contributed by atoms with Crippen LogP contribution in [0, 0.1) is 0 Å². The van der Waals surface area contributed by atoms with Crippen LogP contribution in [0.1, 0.15) is 23.2 Å². The van der Waals surface area contributed by atoms with Gasteiger partial charge in [-0.1, -0.05) is 24.3 Å². The molecule has 2 aromatic rings. The molecule has 2 aliphatic rings. The third kappa shape index (κ3) is 2.25. The van der Waals surface area contributed by atoms with Crippen molar-refractivity contribution in [1.82, 2.24) is 9.97 Å². The molecule has 0 amide bonds. The van der Waals surface area contributed by atoms with Crippen LogP contribution < -0.4 is 10.6 Å². The maximum atomic E-state index is 13.1. The molecule has 5 heteroatoms. The van der Waals surface area contributed by atoms with Gasteiger partial charge in [-0.15, -0.1) is 0 Å². The second kappa shape index (κ2) is 5.32. The zero-order valence-corrected chi connectivity index (χ0v) is 12.4. The summed E-state index contributed by atoms with van der Waals surface area (Å²) in [6.07, 6.45) is 2.39. The summed E-state index contributed by atoms with van der Waals surface area (Å²) in [5.74, 6) is 0.674. The summed E-state index contributed by atoms with van der Waals surface area (Å²) >= 11 is 0. The lowest BCUT2D eigenvalue weighted by atomic mass is 10.0. The van der Waals surface area contributed by atoms with Gasteiger partial charge < -0.3 is 10.6 Å². The Bertz CT molecular complexity index is 693. The Morgan fingerprint density at radius 1 is 1.14 bits per heavy atom. The number of aryl methyl sites for hydroxylation is 1. The van der Waals surface area contributed by atoms with Crippen LogP contribution in [0.3, 0.4) is 0 Å². The van der Waals surface area contributed by atoms with Crippen molar-refractivity contribution in [3.63, 3.8) is 0 Å². The molecule has 22 heavy (non-hydrogen) atoms. The lowest BCUT2D eigenvalue weighted by molar-refractivity contribution is 0.272. The Balaban J connectivity index is 1.76. The number of benzene rings is 1. The smallest absolute Gasteiger partial charge is 0.226 e. The molecule has 0 unspecified atom stereocenters. The SMILES string of the molecule is NCc1ccc(-c2nc(N3CC(F)C3)nc3c2CCC3)cc1. The van der Waals surface area contributed by atoms with Gasteiger partial charge in [-0.2, -0.15) is 0 Å². The first kappa shape index (κ1) is 13.6. The number of hydrogen-bond acceptors (Lipinski definition) is 4. The molecule has 1 aliphatic heterocycles. The molecule has 1 aromatic carbocycles. The summed E-state index contributed by atoms with van der Waals surface area (Å²) < 4.78 is 13.1. The van der Waals surface area contributed by atoms with Crippen LogP contribution in [0.2, 0.25) is 0 Å². The average Bonchev–Trinajstić information content (AvgIpc) is 2.99. The molecule has 0 atom stereocenters. The fraction of sp³-hybridized carbons (Fsp3) is 0.412. The number of rotatable bonds is 3. The minimum atomic E-state index is -0.746. The summed E-state index contributed by atoms with van der Waals surface area (Å²) in [5, 5.41) is 0. The monoisotopic (exact) mass is 298 g/mol. The fourth-order valence-electron chi connectivity index (χ4n) is 3.19. The number of fused-ring (bicyclic) bond motifs is 1. The van der Waals surface area contributed by atoms with Crippen molar-refractivity contribution in [3.8, 4) is 11.3 Å². The molecule has 4 rings (SSSR count). The van der Waals surface area contributed by atoms with Gasteiger partial charge in [0.15, 0.2) is 0 Å². The van der Waals surface area contributed by atoms with E-state index in [2.05, 4.69) is 17.1 Å². The van der Waals surface area contributed by atoms with Crippen LogP contribution in [-0.2, 0) is 19.4 Å². The average molecular weight is 298 g/mol. The van der Waals surface area contributed by atoms with Gasteiger partial charge in [0.05, 0.1) is 18.8 Å². The summed E-state index contributed by atoms with van der Waals surface area (Å²) in [6, 6.07) is 8.22. The Kier molecular flexibility index (Phi) is 3.30. The first-order valence-corrected chi connectivity index (χ1v) is 7.83. The zero-order valence-electron chi connectivity index (χ0n) is 12.4. The number of halogens is 1. The summed E-state index contributed by atoms with van der Waals surface area (Å²) in [5.41, 5.74) is 11.3. The largest absolute Gasteiger partial charge is 0.335 e. The van der Waals surface area contributed by atoms with Crippen molar-refractivity contribution in [2.75, 3.05) is 18.0 Å². The van der Waals surface area contributed by atoms with Gasteiger partial charge in [0.1, 0.15) is 6.17 Å². The molecule has 1 aromatic heterocycles. The van der Waals surface area contributed by atoms with Crippen LogP contribution in [-0.4, -0.2) is 29.2 Å². The van der Waals surface area contributed by atoms with Crippen LogP contribution in [0.25, 0.3) is 11.3 Å². The normalized spacial score (nSPS) is 17.5. The van der Waals surface area contributed by atoms with Crippen molar-refractivity contribution in [2.24, 2.45) is 5.73 Å². The van der Waals surface area contributed by atoms with E-state index in [-0.39, 0.29) is 0 Å². The molecule has 0 radical (unpaired) electrons. The van der Waals surface area contributed by atoms with Crippen molar-refractivity contribution >= 4 is 5.95 Å². The van der Waals surface area contributed by atoms with E-state index >= 15 is 0 Å². The standard InChI is InChI=1S/C17H19FN4/c18-13-9-22(10-13)17-20-15-3-1-2-14(15)16(21-17)12-6-4-11(8-19)5-7-12/h4-7,13H,1-3,8-10,19H2. The second-order valence-electron chi connectivity index (χ2n) is 6.05. The van der Waals surface area contributed by atoms with E-state index in [1.165, 1.54) is 5.56 Å². The van der Waals surface area contributed by atoms with Gasteiger partial charge in [-0.25, -0.2) is 14.4 Å². The van der Waals surface area contributed by atoms with Gasteiger partial charge >= 0.3 is 0 Å². The first-order chi connectivity index (χ1) is 10.7. The Morgan fingerprint density at radius 2 is 1.91 bits per heavy atom. The number of nitrogens with two attached hydrogens (primary N) is 1. The number of hydrogen-bond donors (Lipinski definition) is 1. The minimum absolute atomic E-state index is 0.407. The molecular formula is C17H19FN4. The second-order valence-corrected chi connectivity index (χ2v) is 6.05. The van der Waals surface area contributed by atoms with Crippen molar-refractivity contribution in [1.29, 1.82) is 0 Å².